The Bertz CT molecular complexity index is 1220. The third kappa shape index (κ3) is 5.46. The van der Waals surface area contributed by atoms with Crippen LogP contribution in [-0.4, -0.2) is 39.9 Å². The van der Waals surface area contributed by atoms with Gasteiger partial charge >= 0.3 is 12.3 Å². The number of aliphatic hydroxyl groups excluding tert-OH is 1. The molecule has 0 aliphatic heterocycles. The van der Waals surface area contributed by atoms with Crippen LogP contribution in [0.4, 0.5) is 22.4 Å². The van der Waals surface area contributed by atoms with E-state index in [0.717, 1.165) is 15.5 Å². The van der Waals surface area contributed by atoms with Crippen LogP contribution in [0.3, 0.4) is 0 Å². The van der Waals surface area contributed by atoms with E-state index in [1.54, 1.807) is 44.2 Å². The number of benzene rings is 2. The first-order chi connectivity index (χ1) is 16.3. The van der Waals surface area contributed by atoms with Gasteiger partial charge in [-0.2, -0.15) is 13.2 Å². The van der Waals surface area contributed by atoms with Crippen LogP contribution in [0.5, 0.6) is 5.88 Å². The Hall–Kier alpha value is -3.04. The van der Waals surface area contributed by atoms with Crippen molar-refractivity contribution in [1.29, 1.82) is 0 Å². The number of aliphatic hydroxyl groups is 1. The van der Waals surface area contributed by atoms with Crippen LogP contribution >= 0.6 is 11.6 Å². The molecule has 188 valence electrons. The van der Waals surface area contributed by atoms with Crippen LogP contribution in [0.1, 0.15) is 30.7 Å². The van der Waals surface area contributed by atoms with Crippen LogP contribution in [-0.2, 0) is 12.7 Å². The lowest BCUT2D eigenvalue weighted by Crippen LogP contribution is -2.49. The number of carbonyl (C=O) groups is 1. The molecule has 0 fully saturated rings. The van der Waals surface area contributed by atoms with Gasteiger partial charge in [-0.3, -0.25) is 0 Å². The smallest absolute Gasteiger partial charge is 0.394 e. The fourth-order valence-electron chi connectivity index (χ4n) is 3.60. The fourth-order valence-corrected chi connectivity index (χ4v) is 3.78. The van der Waals surface area contributed by atoms with Crippen molar-refractivity contribution in [3.05, 3.63) is 76.2 Å². The second-order valence-corrected chi connectivity index (χ2v) is 9.16. The largest absolute Gasteiger partial charge is 0.431 e. The molecule has 2 aromatic carbocycles. The maximum Gasteiger partial charge on any atom is 0.431 e. The summed E-state index contributed by atoms with van der Waals surface area (Å²) < 4.78 is 63.2. The topological polar surface area (TPSA) is 54.7 Å². The van der Waals surface area contributed by atoms with Crippen molar-refractivity contribution in [1.82, 2.24) is 9.47 Å². The van der Waals surface area contributed by atoms with E-state index < -0.39 is 35.9 Å². The molecule has 0 atom stereocenters. The number of ether oxygens (including phenoxy) is 1. The van der Waals surface area contributed by atoms with Crippen molar-refractivity contribution in [2.75, 3.05) is 13.7 Å². The number of nitrogens with zero attached hydrogens (tertiary/aromatic N) is 2. The molecule has 0 aliphatic rings. The zero-order chi connectivity index (χ0) is 26.1. The summed E-state index contributed by atoms with van der Waals surface area (Å²) in [5.74, 6) is -1.11. The Labute approximate surface area is 205 Å². The second-order valence-electron chi connectivity index (χ2n) is 8.75. The van der Waals surface area contributed by atoms with Gasteiger partial charge in [0.25, 0.3) is 0 Å². The summed E-state index contributed by atoms with van der Waals surface area (Å²) in [6.45, 7) is 3.75. The van der Waals surface area contributed by atoms with Gasteiger partial charge in [-0.1, -0.05) is 48.0 Å². The minimum absolute atomic E-state index is 0.0429. The maximum absolute atomic E-state index is 14.3. The quantitative estimate of drug-likeness (QED) is 0.382. The first kappa shape index (κ1) is 26.6. The fraction of sp³-hybridized carbons (Fsp3) is 0.320. The third-order valence-corrected chi connectivity index (χ3v) is 6.16. The van der Waals surface area contributed by atoms with Crippen LogP contribution in [0.25, 0.3) is 11.1 Å². The molecule has 0 radical (unpaired) electrons. The van der Waals surface area contributed by atoms with Crippen LogP contribution in [0, 0.1) is 12.7 Å². The number of carbonyl (C=O) groups excluding carboxylic acids is 1. The van der Waals surface area contributed by atoms with Gasteiger partial charge in [-0.25, -0.2) is 9.18 Å². The molecule has 0 bridgehead atoms. The van der Waals surface area contributed by atoms with Gasteiger partial charge in [-0.15, -0.1) is 0 Å². The SMILES string of the molecule is Cc1c(-c2ccc(F)c(Cl)c2)c(OC(=O)N(C)C(C)(C)CO)n(Cc2ccccc2)c1C(F)(F)F. The molecule has 0 saturated carbocycles. The lowest BCUT2D eigenvalue weighted by atomic mass is 10.0. The van der Waals surface area contributed by atoms with Crippen molar-refractivity contribution in [2.45, 2.75) is 39.0 Å². The highest BCUT2D eigenvalue weighted by Gasteiger charge is 2.41. The molecule has 0 saturated heterocycles. The number of halogens is 5. The monoisotopic (exact) mass is 512 g/mol. The number of hydrogen-bond acceptors (Lipinski definition) is 3. The molecular formula is C25H25ClF4N2O3. The molecule has 1 aromatic heterocycles. The number of hydrogen-bond donors (Lipinski definition) is 1. The number of aromatic nitrogens is 1. The molecule has 10 heteroatoms. The van der Waals surface area contributed by atoms with E-state index in [1.807, 2.05) is 0 Å². The van der Waals surface area contributed by atoms with Crippen molar-refractivity contribution in [3.8, 4) is 17.0 Å². The summed E-state index contributed by atoms with van der Waals surface area (Å²) in [5.41, 5.74) is -1.61. The van der Waals surface area contributed by atoms with Gasteiger partial charge in [0.1, 0.15) is 11.5 Å². The Balaban J connectivity index is 2.29. The summed E-state index contributed by atoms with van der Waals surface area (Å²) in [5, 5.41) is 9.33. The zero-order valence-corrected chi connectivity index (χ0v) is 20.3. The number of amides is 1. The van der Waals surface area contributed by atoms with E-state index >= 15 is 0 Å². The predicted octanol–water partition coefficient (Wildman–Crippen LogP) is 6.52. The van der Waals surface area contributed by atoms with Gasteiger partial charge in [0.15, 0.2) is 0 Å². The summed E-state index contributed by atoms with van der Waals surface area (Å²) in [6, 6.07) is 11.9. The van der Waals surface area contributed by atoms with E-state index in [9.17, 15) is 27.5 Å². The molecule has 0 spiro atoms. The predicted molar refractivity (Wildman–Crippen MR) is 125 cm³/mol. The average molecular weight is 513 g/mol. The van der Waals surface area contributed by atoms with Crippen molar-refractivity contribution < 1.29 is 32.2 Å². The van der Waals surface area contributed by atoms with E-state index in [4.69, 9.17) is 16.3 Å². The number of alkyl halides is 3. The van der Waals surface area contributed by atoms with Gasteiger partial charge in [0, 0.05) is 12.6 Å². The molecule has 1 N–H and O–H groups in total. The number of rotatable bonds is 6. The van der Waals surface area contributed by atoms with Crippen molar-refractivity contribution >= 4 is 17.7 Å². The van der Waals surface area contributed by atoms with Gasteiger partial charge in [-0.05, 0) is 49.6 Å². The standard InChI is InChI=1S/C25H25ClF4N2O3/c1-15-20(17-10-11-19(27)18(26)12-17)22(35-23(34)31(4)24(2,3)14-33)32(21(15)25(28,29)30)13-16-8-6-5-7-9-16/h5-12,33H,13-14H2,1-4H3. The molecule has 3 aromatic rings. The molecule has 1 amide bonds. The first-order valence-corrected chi connectivity index (χ1v) is 11.0. The van der Waals surface area contributed by atoms with E-state index in [2.05, 4.69) is 0 Å². The van der Waals surface area contributed by atoms with Gasteiger partial charge in [0.05, 0.1) is 23.7 Å². The summed E-state index contributed by atoms with van der Waals surface area (Å²) in [4.78, 5) is 14.1. The second kappa shape index (κ2) is 9.91. The molecule has 0 unspecified atom stereocenters. The zero-order valence-electron chi connectivity index (χ0n) is 19.6. The molecule has 3 rings (SSSR count). The highest BCUT2D eigenvalue weighted by atomic mass is 35.5. The van der Waals surface area contributed by atoms with E-state index in [-0.39, 0.29) is 34.1 Å². The molecule has 5 nitrogen and oxygen atoms in total. The summed E-state index contributed by atoms with van der Waals surface area (Å²) >= 11 is 5.92. The Morgan fingerprint density at radius 1 is 1.14 bits per heavy atom. The van der Waals surface area contributed by atoms with E-state index in [1.165, 1.54) is 26.1 Å². The Morgan fingerprint density at radius 3 is 2.31 bits per heavy atom. The average Bonchev–Trinajstić information content (AvgIpc) is 3.06. The molecule has 1 heterocycles. The number of likely N-dealkylation sites (N-methyl/N-ethyl adjacent to an activating group) is 1. The molecule has 35 heavy (non-hydrogen) atoms. The normalized spacial score (nSPS) is 12.1. The Kier molecular flexibility index (Phi) is 7.52. The summed E-state index contributed by atoms with van der Waals surface area (Å²) in [6.07, 6.45) is -5.77. The van der Waals surface area contributed by atoms with Crippen LogP contribution in [0.2, 0.25) is 5.02 Å². The minimum atomic E-state index is -4.79. The third-order valence-electron chi connectivity index (χ3n) is 5.87. The molecular weight excluding hydrogens is 488 g/mol. The lowest BCUT2D eigenvalue weighted by Gasteiger charge is -2.33. The maximum atomic E-state index is 14.3. The molecule has 0 aliphatic carbocycles. The lowest BCUT2D eigenvalue weighted by molar-refractivity contribution is -0.144. The van der Waals surface area contributed by atoms with Crippen molar-refractivity contribution in [2.24, 2.45) is 0 Å². The van der Waals surface area contributed by atoms with Crippen LogP contribution in [0.15, 0.2) is 48.5 Å². The first-order valence-electron chi connectivity index (χ1n) is 10.6. The summed E-state index contributed by atoms with van der Waals surface area (Å²) in [7, 11) is 1.37. The van der Waals surface area contributed by atoms with Gasteiger partial charge in [0.2, 0.25) is 5.88 Å². The Morgan fingerprint density at radius 2 is 1.77 bits per heavy atom. The van der Waals surface area contributed by atoms with Crippen LogP contribution < -0.4 is 4.74 Å². The highest BCUT2D eigenvalue weighted by Crippen LogP contribution is 2.45. The van der Waals surface area contributed by atoms with E-state index in [0.29, 0.717) is 5.56 Å². The van der Waals surface area contributed by atoms with Gasteiger partial charge < -0.3 is 19.3 Å². The minimum Gasteiger partial charge on any atom is -0.394 e. The highest BCUT2D eigenvalue weighted by molar-refractivity contribution is 6.31. The van der Waals surface area contributed by atoms with Crippen molar-refractivity contribution in [3.63, 3.8) is 0 Å².